The molecule has 1 amide bonds. The van der Waals surface area contributed by atoms with Crippen LogP contribution in [0.15, 0.2) is 41.2 Å². The molecule has 22 heavy (non-hydrogen) atoms. The zero-order valence-corrected chi connectivity index (χ0v) is 12.4. The van der Waals surface area contributed by atoms with Crippen LogP contribution in [0.2, 0.25) is 0 Å². The van der Waals surface area contributed by atoms with Gasteiger partial charge in [-0.25, -0.2) is 4.68 Å². The molecule has 0 fully saturated rings. The second-order valence-corrected chi connectivity index (χ2v) is 4.46. The summed E-state index contributed by atoms with van der Waals surface area (Å²) in [6, 6.07) is 9.89. The number of nitrogens with zero attached hydrogens (tertiary/aromatic N) is 2. The van der Waals surface area contributed by atoms with E-state index in [1.165, 1.54) is 19.2 Å². The molecule has 0 aliphatic heterocycles. The SMILES string of the molecule is COc1cccc(OCCNC(=O)c2ccc(=O)n(C)n2)c1. The van der Waals surface area contributed by atoms with Crippen LogP contribution in [0.25, 0.3) is 0 Å². The summed E-state index contributed by atoms with van der Waals surface area (Å²) in [5.41, 5.74) is -0.0820. The van der Waals surface area contributed by atoms with E-state index in [2.05, 4.69) is 10.4 Å². The number of hydrogen-bond acceptors (Lipinski definition) is 5. The van der Waals surface area contributed by atoms with E-state index >= 15 is 0 Å². The Morgan fingerprint density at radius 2 is 2.05 bits per heavy atom. The molecule has 1 N–H and O–H groups in total. The van der Waals surface area contributed by atoms with Gasteiger partial charge in [0.05, 0.1) is 13.7 Å². The van der Waals surface area contributed by atoms with Crippen molar-refractivity contribution in [2.75, 3.05) is 20.3 Å². The van der Waals surface area contributed by atoms with E-state index in [-0.39, 0.29) is 17.2 Å². The van der Waals surface area contributed by atoms with Crippen molar-refractivity contribution in [2.24, 2.45) is 7.05 Å². The normalized spacial score (nSPS) is 10.1. The third kappa shape index (κ3) is 4.08. The monoisotopic (exact) mass is 303 g/mol. The summed E-state index contributed by atoms with van der Waals surface area (Å²) >= 11 is 0. The molecule has 1 aromatic heterocycles. The van der Waals surface area contributed by atoms with Crippen molar-refractivity contribution < 1.29 is 14.3 Å². The Bertz CT molecular complexity index is 712. The molecule has 0 saturated heterocycles. The molecule has 7 heteroatoms. The molecule has 0 radical (unpaired) electrons. The largest absolute Gasteiger partial charge is 0.497 e. The summed E-state index contributed by atoms with van der Waals surface area (Å²) in [5.74, 6) is 1.01. The second-order valence-electron chi connectivity index (χ2n) is 4.46. The molecule has 2 aromatic rings. The predicted octanol–water partition coefficient (Wildman–Crippen LogP) is 0.598. The molecule has 2 rings (SSSR count). The van der Waals surface area contributed by atoms with Crippen LogP contribution in [-0.2, 0) is 7.05 Å². The van der Waals surface area contributed by atoms with Crippen LogP contribution in [0.3, 0.4) is 0 Å². The molecule has 7 nitrogen and oxygen atoms in total. The number of methoxy groups -OCH3 is 1. The first-order valence-electron chi connectivity index (χ1n) is 6.69. The molecule has 0 unspecified atom stereocenters. The topological polar surface area (TPSA) is 82.5 Å². The fraction of sp³-hybridized carbons (Fsp3) is 0.267. The van der Waals surface area contributed by atoms with Gasteiger partial charge in [-0.15, -0.1) is 0 Å². The van der Waals surface area contributed by atoms with Gasteiger partial charge in [0.15, 0.2) is 0 Å². The summed E-state index contributed by atoms with van der Waals surface area (Å²) in [5, 5.41) is 6.54. The lowest BCUT2D eigenvalue weighted by molar-refractivity contribution is 0.0939. The van der Waals surface area contributed by atoms with Gasteiger partial charge in [-0.3, -0.25) is 9.59 Å². The molecule has 0 aliphatic carbocycles. The number of aryl methyl sites for hydroxylation is 1. The molecule has 1 aromatic carbocycles. The van der Waals surface area contributed by atoms with Crippen molar-refractivity contribution in [3.05, 3.63) is 52.4 Å². The summed E-state index contributed by atoms with van der Waals surface area (Å²) < 4.78 is 11.7. The zero-order chi connectivity index (χ0) is 15.9. The molecule has 0 atom stereocenters. The fourth-order valence-corrected chi connectivity index (χ4v) is 1.74. The molecule has 0 spiro atoms. The second kappa shape index (κ2) is 7.26. The van der Waals surface area contributed by atoms with Gasteiger partial charge < -0.3 is 14.8 Å². The van der Waals surface area contributed by atoms with Crippen molar-refractivity contribution >= 4 is 5.91 Å². The minimum absolute atomic E-state index is 0.184. The van der Waals surface area contributed by atoms with Gasteiger partial charge in [-0.05, 0) is 18.2 Å². The average molecular weight is 303 g/mol. The lowest BCUT2D eigenvalue weighted by Crippen LogP contribution is -2.31. The number of hydrogen-bond donors (Lipinski definition) is 1. The number of rotatable bonds is 6. The van der Waals surface area contributed by atoms with E-state index in [0.29, 0.717) is 24.7 Å². The van der Waals surface area contributed by atoms with Crippen LogP contribution >= 0.6 is 0 Å². The van der Waals surface area contributed by atoms with Gasteiger partial charge in [0.25, 0.3) is 11.5 Å². The van der Waals surface area contributed by atoms with Crippen LogP contribution in [0.4, 0.5) is 0 Å². The Labute approximate surface area is 127 Å². The predicted molar refractivity (Wildman–Crippen MR) is 80.3 cm³/mol. The Hall–Kier alpha value is -2.83. The van der Waals surface area contributed by atoms with Crippen molar-refractivity contribution in [1.29, 1.82) is 0 Å². The van der Waals surface area contributed by atoms with Crippen LogP contribution < -0.4 is 20.3 Å². The minimum atomic E-state index is -0.357. The average Bonchev–Trinajstić information content (AvgIpc) is 2.54. The van der Waals surface area contributed by atoms with E-state index in [0.717, 1.165) is 4.68 Å². The highest BCUT2D eigenvalue weighted by Crippen LogP contribution is 2.18. The summed E-state index contributed by atoms with van der Waals surface area (Å²) in [4.78, 5) is 23.1. The van der Waals surface area contributed by atoms with Crippen LogP contribution in [0.5, 0.6) is 11.5 Å². The quantitative estimate of drug-likeness (QED) is 0.790. The highest BCUT2D eigenvalue weighted by Gasteiger charge is 2.07. The molecular weight excluding hydrogens is 286 g/mol. The summed E-state index contributed by atoms with van der Waals surface area (Å²) in [6.45, 7) is 0.630. The lowest BCUT2D eigenvalue weighted by Gasteiger charge is -2.08. The molecular formula is C15H17N3O4. The highest BCUT2D eigenvalue weighted by molar-refractivity contribution is 5.91. The Balaban J connectivity index is 1.81. The molecule has 0 aliphatic rings. The zero-order valence-electron chi connectivity index (χ0n) is 12.4. The smallest absolute Gasteiger partial charge is 0.271 e. The van der Waals surface area contributed by atoms with E-state index in [4.69, 9.17) is 9.47 Å². The first kappa shape index (κ1) is 15.6. The van der Waals surface area contributed by atoms with Crippen molar-refractivity contribution in [3.63, 3.8) is 0 Å². The number of carbonyl (C=O) groups is 1. The number of nitrogens with one attached hydrogen (secondary N) is 1. The molecule has 116 valence electrons. The number of benzene rings is 1. The fourth-order valence-electron chi connectivity index (χ4n) is 1.74. The van der Waals surface area contributed by atoms with Crippen LogP contribution in [-0.4, -0.2) is 35.9 Å². The standard InChI is InChI=1S/C15H17N3O4/c1-18-14(19)7-6-13(17-18)15(20)16-8-9-22-12-5-3-4-11(10-12)21-2/h3-7,10H,8-9H2,1-2H3,(H,16,20). The van der Waals surface area contributed by atoms with Gasteiger partial charge in [0, 0.05) is 19.2 Å². The lowest BCUT2D eigenvalue weighted by atomic mass is 10.3. The minimum Gasteiger partial charge on any atom is -0.497 e. The number of amides is 1. The number of aromatic nitrogens is 2. The molecule has 1 heterocycles. The van der Waals surface area contributed by atoms with Crippen molar-refractivity contribution in [3.8, 4) is 11.5 Å². The van der Waals surface area contributed by atoms with Crippen molar-refractivity contribution in [1.82, 2.24) is 15.1 Å². The van der Waals surface area contributed by atoms with Gasteiger partial charge in [-0.2, -0.15) is 5.10 Å². The Kier molecular flexibility index (Phi) is 5.13. The van der Waals surface area contributed by atoms with E-state index in [1.54, 1.807) is 19.2 Å². The van der Waals surface area contributed by atoms with Gasteiger partial charge in [0.1, 0.15) is 23.8 Å². The maximum atomic E-state index is 11.9. The third-order valence-electron chi connectivity index (χ3n) is 2.89. The Morgan fingerprint density at radius 3 is 2.77 bits per heavy atom. The van der Waals surface area contributed by atoms with Gasteiger partial charge >= 0.3 is 0 Å². The summed E-state index contributed by atoms with van der Waals surface area (Å²) in [6.07, 6.45) is 0. The number of ether oxygens (including phenoxy) is 2. The molecule has 0 bridgehead atoms. The van der Waals surface area contributed by atoms with E-state index < -0.39 is 0 Å². The van der Waals surface area contributed by atoms with Crippen LogP contribution in [0.1, 0.15) is 10.5 Å². The first-order valence-corrected chi connectivity index (χ1v) is 6.69. The van der Waals surface area contributed by atoms with Gasteiger partial charge in [0.2, 0.25) is 0 Å². The highest BCUT2D eigenvalue weighted by atomic mass is 16.5. The first-order chi connectivity index (χ1) is 10.6. The number of carbonyl (C=O) groups excluding carboxylic acids is 1. The van der Waals surface area contributed by atoms with Crippen molar-refractivity contribution in [2.45, 2.75) is 0 Å². The maximum Gasteiger partial charge on any atom is 0.271 e. The van der Waals surface area contributed by atoms with Crippen LogP contribution in [0, 0.1) is 0 Å². The Morgan fingerprint density at radius 1 is 1.27 bits per heavy atom. The van der Waals surface area contributed by atoms with Gasteiger partial charge in [-0.1, -0.05) is 6.07 Å². The maximum absolute atomic E-state index is 11.9. The third-order valence-corrected chi connectivity index (χ3v) is 2.89. The van der Waals surface area contributed by atoms with E-state index in [1.807, 2.05) is 12.1 Å². The molecule has 0 saturated carbocycles. The van der Waals surface area contributed by atoms with E-state index in [9.17, 15) is 9.59 Å². The summed E-state index contributed by atoms with van der Waals surface area (Å²) in [7, 11) is 3.07.